The number of carbonyl (C=O) groups excluding carboxylic acids is 1. The zero-order valence-electron chi connectivity index (χ0n) is 24.6. The van der Waals surface area contributed by atoms with E-state index in [-0.39, 0.29) is 11.6 Å². The summed E-state index contributed by atoms with van der Waals surface area (Å²) < 4.78 is 43.5. The van der Waals surface area contributed by atoms with Crippen LogP contribution in [0, 0.1) is 0 Å². The predicted octanol–water partition coefficient (Wildman–Crippen LogP) is 4.65. The van der Waals surface area contributed by atoms with Gasteiger partial charge in [0, 0.05) is 23.7 Å². The van der Waals surface area contributed by atoms with Gasteiger partial charge in [-0.25, -0.2) is 9.59 Å². The molecule has 4 aromatic rings. The number of aliphatic hydroxyl groups excluding tert-OH is 2. The number of carboxylic acid groups (broad SMARTS) is 2. The highest BCUT2D eigenvalue weighted by Crippen LogP contribution is 2.39. The number of halogens is 4. The van der Waals surface area contributed by atoms with Crippen molar-refractivity contribution in [3.05, 3.63) is 101 Å². The fraction of sp³-hybridized carbons (Fsp3) is 0.219. The average Bonchev–Trinajstić information content (AvgIpc) is 3.45. The number of nitrogens with one attached hydrogen (secondary N) is 1. The molecular formula is C32H31ClF3N3O7. The first kappa shape index (κ1) is 35.8. The number of nitrogens with zero attached hydrogens (tertiary/aromatic N) is 2. The number of carbonyl (C=O) groups is 3. The summed E-state index contributed by atoms with van der Waals surface area (Å²) in [6, 6.07) is 22.8. The van der Waals surface area contributed by atoms with E-state index in [9.17, 15) is 27.6 Å². The fourth-order valence-corrected chi connectivity index (χ4v) is 4.36. The van der Waals surface area contributed by atoms with E-state index in [1.165, 1.54) is 12.1 Å². The molecule has 0 spiro atoms. The third-order valence-electron chi connectivity index (χ3n) is 6.56. The van der Waals surface area contributed by atoms with Gasteiger partial charge in [-0.15, -0.1) is 0 Å². The molecule has 0 aliphatic heterocycles. The number of likely N-dealkylation sites (N-methyl/N-ethyl adjacent to an activating group) is 1. The predicted molar refractivity (Wildman–Crippen MR) is 165 cm³/mol. The maximum Gasteiger partial charge on any atom is 0.418 e. The largest absolute Gasteiger partial charge is 0.479 e. The Hall–Kier alpha value is -4.69. The van der Waals surface area contributed by atoms with E-state index < -0.39 is 35.9 Å². The molecule has 0 saturated carbocycles. The van der Waals surface area contributed by atoms with Crippen molar-refractivity contribution in [1.29, 1.82) is 0 Å². The molecule has 2 atom stereocenters. The number of hydrogen-bond donors (Lipinski definition) is 5. The molecule has 0 radical (unpaired) electrons. The fourth-order valence-electron chi connectivity index (χ4n) is 4.23. The molecule has 46 heavy (non-hydrogen) atoms. The first-order valence-electron chi connectivity index (χ1n) is 13.6. The van der Waals surface area contributed by atoms with Gasteiger partial charge in [-0.1, -0.05) is 48.0 Å². The zero-order valence-corrected chi connectivity index (χ0v) is 25.3. The van der Waals surface area contributed by atoms with Gasteiger partial charge in [0.15, 0.2) is 12.2 Å². The van der Waals surface area contributed by atoms with Crippen molar-refractivity contribution in [2.75, 3.05) is 27.2 Å². The minimum Gasteiger partial charge on any atom is -0.479 e. The van der Waals surface area contributed by atoms with Crippen molar-refractivity contribution in [1.82, 2.24) is 14.8 Å². The van der Waals surface area contributed by atoms with Crippen LogP contribution in [0.2, 0.25) is 5.02 Å². The molecule has 0 saturated heterocycles. The molecule has 244 valence electrons. The topological polar surface area (TPSA) is 152 Å². The molecule has 14 heteroatoms. The number of carboxylic acids is 2. The lowest BCUT2D eigenvalue weighted by Crippen LogP contribution is -2.39. The van der Waals surface area contributed by atoms with E-state index >= 15 is 0 Å². The van der Waals surface area contributed by atoms with Gasteiger partial charge in [0.2, 0.25) is 0 Å². The summed E-state index contributed by atoms with van der Waals surface area (Å²) in [6.45, 7) is 1.22. The number of alkyl halides is 3. The minimum absolute atomic E-state index is 0.0143. The SMILES string of the molecule is CN(C)CCNC(=O)c1ccc(-c2ccc(-c3ccc(Cl)cc3)n2-c2ccccc2C(F)(F)F)cc1.O=C(O)[C@H](O)[C@@H](O)C(=O)O. The summed E-state index contributed by atoms with van der Waals surface area (Å²) in [7, 11) is 3.84. The third kappa shape index (κ3) is 9.17. The van der Waals surface area contributed by atoms with Crippen LogP contribution in [0.4, 0.5) is 13.2 Å². The van der Waals surface area contributed by atoms with E-state index in [0.717, 1.165) is 11.6 Å². The quantitative estimate of drug-likeness (QED) is 0.165. The second kappa shape index (κ2) is 15.5. The zero-order chi connectivity index (χ0) is 34.2. The number of aromatic nitrogens is 1. The Morgan fingerprint density at radius 2 is 1.28 bits per heavy atom. The van der Waals surface area contributed by atoms with Gasteiger partial charge in [0.25, 0.3) is 5.91 Å². The number of amides is 1. The van der Waals surface area contributed by atoms with Crippen LogP contribution in [-0.2, 0) is 15.8 Å². The number of aliphatic hydroxyl groups is 2. The van der Waals surface area contributed by atoms with Crippen LogP contribution in [-0.4, -0.2) is 87.1 Å². The van der Waals surface area contributed by atoms with Crippen molar-refractivity contribution in [3.8, 4) is 28.2 Å². The molecule has 0 aliphatic carbocycles. The van der Waals surface area contributed by atoms with Gasteiger partial charge in [-0.05, 0) is 73.8 Å². The Balaban J connectivity index is 0.000000498. The van der Waals surface area contributed by atoms with Crippen molar-refractivity contribution in [2.45, 2.75) is 18.4 Å². The molecule has 0 unspecified atom stereocenters. The molecule has 0 bridgehead atoms. The molecule has 5 N–H and O–H groups in total. The molecule has 0 aliphatic rings. The Kier molecular flexibility index (Phi) is 12.1. The molecule has 3 aromatic carbocycles. The summed E-state index contributed by atoms with van der Waals surface area (Å²) in [5.74, 6) is -3.74. The molecule has 1 aromatic heterocycles. The van der Waals surface area contributed by atoms with E-state index in [4.69, 9.17) is 32.0 Å². The van der Waals surface area contributed by atoms with Crippen molar-refractivity contribution in [2.24, 2.45) is 0 Å². The second-order valence-electron chi connectivity index (χ2n) is 10.2. The summed E-state index contributed by atoms with van der Waals surface area (Å²) in [4.78, 5) is 34.0. The molecule has 0 fully saturated rings. The van der Waals surface area contributed by atoms with E-state index in [2.05, 4.69) is 5.32 Å². The highest BCUT2D eigenvalue weighted by Gasteiger charge is 2.34. The summed E-state index contributed by atoms with van der Waals surface area (Å²) in [6.07, 6.45) is -9.07. The summed E-state index contributed by atoms with van der Waals surface area (Å²) in [5.41, 5.74) is 2.30. The third-order valence-corrected chi connectivity index (χ3v) is 6.82. The number of rotatable bonds is 10. The molecule has 1 amide bonds. The highest BCUT2D eigenvalue weighted by atomic mass is 35.5. The van der Waals surface area contributed by atoms with Crippen LogP contribution in [0.25, 0.3) is 28.2 Å². The molecule has 1 heterocycles. The van der Waals surface area contributed by atoms with Crippen LogP contribution in [0.3, 0.4) is 0 Å². The Morgan fingerprint density at radius 1 is 0.804 bits per heavy atom. The molecule has 10 nitrogen and oxygen atoms in total. The summed E-state index contributed by atoms with van der Waals surface area (Å²) >= 11 is 6.04. The first-order valence-corrected chi connectivity index (χ1v) is 14.0. The normalized spacial score (nSPS) is 12.5. The standard InChI is InChI=1S/C28H25ClF3N3O.C4H6O6/c1-34(2)18-17-33-27(36)21-9-7-19(8-10-21)24-15-16-25(20-11-13-22(29)14-12-20)35(24)26-6-4-3-5-23(26)28(30,31)32;5-1(3(7)8)2(6)4(9)10/h3-16H,17-18H2,1-2H3,(H,33,36);1-2,5-6H,(H,7,8)(H,9,10)/t;1-,2-/m.1/s1. The lowest BCUT2D eigenvalue weighted by atomic mass is 10.1. The van der Waals surface area contributed by atoms with Gasteiger partial charge in [0.1, 0.15) is 0 Å². The summed E-state index contributed by atoms with van der Waals surface area (Å²) in [5, 5.41) is 35.9. The van der Waals surface area contributed by atoms with Gasteiger partial charge >= 0.3 is 18.1 Å². The van der Waals surface area contributed by atoms with Crippen molar-refractivity contribution >= 4 is 29.4 Å². The van der Waals surface area contributed by atoms with Gasteiger partial charge < -0.3 is 35.2 Å². The Labute approximate surface area is 266 Å². The van der Waals surface area contributed by atoms with Crippen LogP contribution in [0.15, 0.2) is 84.9 Å². The van der Waals surface area contributed by atoms with Crippen LogP contribution < -0.4 is 5.32 Å². The van der Waals surface area contributed by atoms with Gasteiger partial charge in [-0.2, -0.15) is 13.2 Å². The van der Waals surface area contributed by atoms with Crippen LogP contribution in [0.5, 0.6) is 0 Å². The van der Waals surface area contributed by atoms with E-state index in [0.29, 0.717) is 40.6 Å². The van der Waals surface area contributed by atoms with Crippen LogP contribution >= 0.6 is 11.6 Å². The second-order valence-corrected chi connectivity index (χ2v) is 10.6. The smallest absolute Gasteiger partial charge is 0.418 e. The number of para-hydroxylation sites is 1. The first-order chi connectivity index (χ1) is 21.6. The van der Waals surface area contributed by atoms with Gasteiger partial charge in [-0.3, -0.25) is 4.79 Å². The van der Waals surface area contributed by atoms with E-state index in [1.54, 1.807) is 71.3 Å². The maximum absolute atomic E-state index is 14.0. The number of benzene rings is 3. The highest BCUT2D eigenvalue weighted by molar-refractivity contribution is 6.30. The van der Waals surface area contributed by atoms with Crippen molar-refractivity contribution in [3.63, 3.8) is 0 Å². The Bertz CT molecular complexity index is 1640. The average molecular weight is 662 g/mol. The lowest BCUT2D eigenvalue weighted by Gasteiger charge is -2.19. The maximum atomic E-state index is 14.0. The van der Waals surface area contributed by atoms with Crippen molar-refractivity contribution < 1.29 is 48.0 Å². The van der Waals surface area contributed by atoms with Crippen LogP contribution in [0.1, 0.15) is 15.9 Å². The lowest BCUT2D eigenvalue weighted by molar-refractivity contribution is -0.165. The molecule has 4 rings (SSSR count). The minimum atomic E-state index is -4.54. The monoisotopic (exact) mass is 661 g/mol. The van der Waals surface area contributed by atoms with Gasteiger partial charge in [0.05, 0.1) is 22.6 Å². The Morgan fingerprint density at radius 3 is 1.74 bits per heavy atom. The number of aliphatic carboxylic acids is 2. The van der Waals surface area contributed by atoms with E-state index in [1.807, 2.05) is 19.0 Å². The number of hydrogen-bond acceptors (Lipinski definition) is 6. The molecular weight excluding hydrogens is 631 g/mol.